The minimum Gasteiger partial charge on any atom is -0.507 e. The molecule has 0 fully saturated rings. The second-order valence-corrected chi connectivity index (χ2v) is 6.43. The van der Waals surface area contributed by atoms with E-state index in [1.165, 1.54) is 37.4 Å². The van der Waals surface area contributed by atoms with Crippen molar-refractivity contribution in [3.8, 4) is 34.3 Å². The fraction of sp³-hybridized carbons (Fsp3) is 0.0435. The van der Waals surface area contributed by atoms with Crippen LogP contribution < -0.4 is 14.9 Å². The Kier molecular flexibility index (Phi) is 4.85. The van der Waals surface area contributed by atoms with Crippen LogP contribution in [0.5, 0.6) is 23.0 Å². The third kappa shape index (κ3) is 3.56. The average molecular weight is 404 g/mol. The Balaban J connectivity index is 1.77. The quantitative estimate of drug-likeness (QED) is 0.390. The van der Waals surface area contributed by atoms with E-state index in [0.717, 1.165) is 0 Å². The van der Waals surface area contributed by atoms with Crippen molar-refractivity contribution in [1.82, 2.24) is 0 Å². The van der Waals surface area contributed by atoms with Crippen LogP contribution in [0, 0.1) is 0 Å². The molecule has 0 amide bonds. The Labute approximate surface area is 170 Å². The van der Waals surface area contributed by atoms with Crippen LogP contribution in [0.2, 0.25) is 0 Å². The minimum absolute atomic E-state index is 0.0201. The normalized spacial score (nSPS) is 10.7. The number of aromatic hydroxyl groups is 2. The number of hydrogen-bond donors (Lipinski definition) is 2. The summed E-state index contributed by atoms with van der Waals surface area (Å²) in [5, 5.41) is 20.2. The highest BCUT2D eigenvalue weighted by molar-refractivity contribution is 5.92. The largest absolute Gasteiger partial charge is 0.507 e. The number of phenolic OH excluding ortho intramolecular Hbond substituents is 2. The Morgan fingerprint density at radius 1 is 0.933 bits per heavy atom. The smallest absolute Gasteiger partial charge is 0.343 e. The first-order chi connectivity index (χ1) is 14.5. The van der Waals surface area contributed by atoms with Crippen molar-refractivity contribution in [2.45, 2.75) is 0 Å². The highest BCUT2D eigenvalue weighted by Crippen LogP contribution is 2.34. The molecule has 0 aliphatic rings. The summed E-state index contributed by atoms with van der Waals surface area (Å²) in [7, 11) is 1.42. The van der Waals surface area contributed by atoms with Gasteiger partial charge in [-0.2, -0.15) is 0 Å². The van der Waals surface area contributed by atoms with E-state index in [0.29, 0.717) is 11.1 Å². The van der Waals surface area contributed by atoms with Gasteiger partial charge in [0.1, 0.15) is 28.2 Å². The van der Waals surface area contributed by atoms with Crippen molar-refractivity contribution in [2.24, 2.45) is 0 Å². The number of phenols is 2. The minimum atomic E-state index is -0.618. The number of esters is 1. The summed E-state index contributed by atoms with van der Waals surface area (Å²) in [6.45, 7) is 0. The second-order valence-electron chi connectivity index (χ2n) is 6.43. The lowest BCUT2D eigenvalue weighted by atomic mass is 10.1. The van der Waals surface area contributed by atoms with Crippen molar-refractivity contribution < 1.29 is 28.9 Å². The molecule has 0 bridgehead atoms. The van der Waals surface area contributed by atoms with Crippen molar-refractivity contribution in [3.63, 3.8) is 0 Å². The van der Waals surface area contributed by atoms with Gasteiger partial charge in [0.25, 0.3) is 0 Å². The summed E-state index contributed by atoms with van der Waals surface area (Å²) in [6, 6.07) is 16.6. The van der Waals surface area contributed by atoms with Gasteiger partial charge in [-0.3, -0.25) is 4.79 Å². The first-order valence-corrected chi connectivity index (χ1v) is 8.92. The molecule has 0 saturated carbocycles. The van der Waals surface area contributed by atoms with E-state index in [2.05, 4.69) is 0 Å². The van der Waals surface area contributed by atoms with Crippen LogP contribution in [0.3, 0.4) is 0 Å². The molecule has 2 N–H and O–H groups in total. The lowest BCUT2D eigenvalue weighted by molar-refractivity contribution is 0.0734. The zero-order valence-corrected chi connectivity index (χ0v) is 15.8. The molecule has 0 radical (unpaired) electrons. The van der Waals surface area contributed by atoms with Gasteiger partial charge < -0.3 is 24.1 Å². The van der Waals surface area contributed by atoms with Crippen LogP contribution in [0.1, 0.15) is 10.4 Å². The fourth-order valence-corrected chi connectivity index (χ4v) is 3.03. The summed E-state index contributed by atoms with van der Waals surface area (Å²) < 4.78 is 16.1. The van der Waals surface area contributed by atoms with Crippen LogP contribution in [0.25, 0.3) is 22.3 Å². The van der Waals surface area contributed by atoms with Gasteiger partial charge in [-0.05, 0) is 30.3 Å². The molecule has 4 aromatic rings. The molecular weight excluding hydrogens is 388 g/mol. The fourth-order valence-electron chi connectivity index (χ4n) is 3.03. The van der Waals surface area contributed by atoms with E-state index in [1.807, 2.05) is 0 Å². The van der Waals surface area contributed by atoms with E-state index >= 15 is 0 Å². The molecule has 3 aromatic carbocycles. The van der Waals surface area contributed by atoms with E-state index in [4.69, 9.17) is 13.9 Å². The van der Waals surface area contributed by atoms with Crippen LogP contribution in [0.4, 0.5) is 0 Å². The van der Waals surface area contributed by atoms with Gasteiger partial charge in [0.05, 0.1) is 12.7 Å². The van der Waals surface area contributed by atoms with Crippen molar-refractivity contribution in [1.29, 1.82) is 0 Å². The third-order valence-corrected chi connectivity index (χ3v) is 4.47. The zero-order valence-electron chi connectivity index (χ0n) is 15.8. The maximum Gasteiger partial charge on any atom is 0.343 e. The highest BCUT2D eigenvalue weighted by Gasteiger charge is 2.16. The summed E-state index contributed by atoms with van der Waals surface area (Å²) in [6.07, 6.45) is 0. The average Bonchev–Trinajstić information content (AvgIpc) is 2.73. The van der Waals surface area contributed by atoms with Crippen molar-refractivity contribution in [3.05, 3.63) is 82.5 Å². The molecule has 1 aromatic heterocycles. The van der Waals surface area contributed by atoms with Crippen molar-refractivity contribution in [2.75, 3.05) is 7.11 Å². The summed E-state index contributed by atoms with van der Waals surface area (Å²) in [5.74, 6) is -0.655. The van der Waals surface area contributed by atoms with Gasteiger partial charge in [0, 0.05) is 23.8 Å². The molecule has 0 spiro atoms. The standard InChI is InChI=1S/C23H16O7/c1-28-19-8-7-14(9-16(19)24)20-12-18(26)22-17(25)10-15(11-21(22)30-20)29-23(27)13-5-3-2-4-6-13/h2-12,24-25H,1H3. The number of benzene rings is 3. The lowest BCUT2D eigenvalue weighted by Gasteiger charge is -2.09. The predicted molar refractivity (Wildman–Crippen MR) is 109 cm³/mol. The van der Waals surface area contributed by atoms with Gasteiger partial charge >= 0.3 is 5.97 Å². The zero-order chi connectivity index (χ0) is 21.3. The van der Waals surface area contributed by atoms with Crippen LogP contribution in [-0.2, 0) is 0 Å². The molecule has 0 unspecified atom stereocenters. The molecule has 1 heterocycles. The van der Waals surface area contributed by atoms with Gasteiger partial charge in [0.15, 0.2) is 16.9 Å². The molecule has 7 nitrogen and oxygen atoms in total. The van der Waals surface area contributed by atoms with Crippen LogP contribution in [-0.4, -0.2) is 23.3 Å². The molecule has 0 atom stereocenters. The number of carbonyl (C=O) groups is 1. The first-order valence-electron chi connectivity index (χ1n) is 8.92. The highest BCUT2D eigenvalue weighted by atomic mass is 16.5. The third-order valence-electron chi connectivity index (χ3n) is 4.47. The molecule has 0 aliphatic heterocycles. The monoisotopic (exact) mass is 404 g/mol. The molecule has 0 aliphatic carbocycles. The SMILES string of the molecule is COc1ccc(-c2cc(=O)c3c(O)cc(OC(=O)c4ccccc4)cc3o2)cc1O. The molecule has 7 heteroatoms. The van der Waals surface area contributed by atoms with Gasteiger partial charge in [0.2, 0.25) is 0 Å². The van der Waals surface area contributed by atoms with Crippen molar-refractivity contribution >= 4 is 16.9 Å². The molecule has 4 rings (SSSR count). The summed E-state index contributed by atoms with van der Waals surface area (Å²) in [4.78, 5) is 24.8. The topological polar surface area (TPSA) is 106 Å². The summed E-state index contributed by atoms with van der Waals surface area (Å²) >= 11 is 0. The molecular formula is C23H16O7. The number of methoxy groups -OCH3 is 1. The lowest BCUT2D eigenvalue weighted by Crippen LogP contribution is -2.08. The van der Waals surface area contributed by atoms with Gasteiger partial charge in [-0.1, -0.05) is 18.2 Å². The van der Waals surface area contributed by atoms with E-state index in [1.54, 1.807) is 36.4 Å². The maximum atomic E-state index is 12.5. The molecule has 150 valence electrons. The Hall–Kier alpha value is -4.26. The van der Waals surface area contributed by atoms with Crippen LogP contribution >= 0.6 is 0 Å². The van der Waals surface area contributed by atoms with E-state index in [-0.39, 0.29) is 39.7 Å². The van der Waals surface area contributed by atoms with Gasteiger partial charge in [-0.15, -0.1) is 0 Å². The summed E-state index contributed by atoms with van der Waals surface area (Å²) in [5.41, 5.74) is 0.308. The number of carbonyl (C=O) groups excluding carboxylic acids is 1. The Bertz CT molecular complexity index is 1310. The predicted octanol–water partition coefficient (Wildman–Crippen LogP) is 4.10. The number of fused-ring (bicyclic) bond motifs is 1. The molecule has 30 heavy (non-hydrogen) atoms. The van der Waals surface area contributed by atoms with E-state index < -0.39 is 11.4 Å². The first kappa shape index (κ1) is 19.1. The Morgan fingerprint density at radius 2 is 1.70 bits per heavy atom. The number of ether oxygens (including phenoxy) is 2. The number of rotatable bonds is 4. The second kappa shape index (κ2) is 7.63. The maximum absolute atomic E-state index is 12.5. The molecule has 0 saturated heterocycles. The van der Waals surface area contributed by atoms with Gasteiger partial charge in [-0.25, -0.2) is 4.79 Å². The van der Waals surface area contributed by atoms with Crippen LogP contribution in [0.15, 0.2) is 75.9 Å². The Morgan fingerprint density at radius 3 is 2.40 bits per heavy atom. The number of hydrogen-bond acceptors (Lipinski definition) is 7. The van der Waals surface area contributed by atoms with E-state index in [9.17, 15) is 19.8 Å².